The first kappa shape index (κ1) is 23.1. The molecule has 1 fully saturated rings. The van der Waals surface area contributed by atoms with Crippen molar-refractivity contribution in [3.63, 3.8) is 0 Å². The first-order valence-electron chi connectivity index (χ1n) is 9.26. The second-order valence-corrected chi connectivity index (χ2v) is 7.90. The first-order chi connectivity index (χ1) is 14.6. The Balaban J connectivity index is 1.56. The van der Waals surface area contributed by atoms with Crippen molar-refractivity contribution in [3.05, 3.63) is 61.7 Å². The lowest BCUT2D eigenvalue weighted by Gasteiger charge is -2.33. The summed E-state index contributed by atoms with van der Waals surface area (Å²) in [5.41, 5.74) is -1.11. The van der Waals surface area contributed by atoms with Crippen molar-refractivity contribution in [2.45, 2.75) is 19.0 Å². The third kappa shape index (κ3) is 5.56. The molecule has 0 radical (unpaired) electrons. The number of carbonyl (C=O) groups is 1. The fraction of sp³-hybridized carbons (Fsp3) is 0.368. The van der Waals surface area contributed by atoms with Gasteiger partial charge in [-0.2, -0.15) is 13.2 Å². The third-order valence-electron chi connectivity index (χ3n) is 5.02. The Morgan fingerprint density at radius 1 is 1.23 bits per heavy atom. The Morgan fingerprint density at radius 2 is 1.90 bits per heavy atom. The molecule has 0 unspecified atom stereocenters. The maximum absolute atomic E-state index is 12.8. The second kappa shape index (κ2) is 9.27. The number of halogens is 5. The van der Waals surface area contributed by atoms with Crippen molar-refractivity contribution in [3.8, 4) is 0 Å². The normalized spacial score (nSPS) is 15.1. The minimum Gasteiger partial charge on any atom is -0.355 e. The van der Waals surface area contributed by atoms with Gasteiger partial charge < -0.3 is 10.2 Å². The number of nitro groups is 1. The van der Waals surface area contributed by atoms with E-state index < -0.39 is 22.6 Å². The van der Waals surface area contributed by atoms with Gasteiger partial charge >= 0.3 is 6.18 Å². The van der Waals surface area contributed by atoms with E-state index >= 15 is 0 Å². The lowest BCUT2D eigenvalue weighted by molar-refractivity contribution is -0.384. The molecule has 3 rings (SSSR count). The third-order valence-corrected chi connectivity index (χ3v) is 5.63. The molecule has 31 heavy (non-hydrogen) atoms. The molecule has 12 heteroatoms. The molecule has 1 saturated heterocycles. The van der Waals surface area contributed by atoms with Gasteiger partial charge in [0.1, 0.15) is 5.82 Å². The number of amides is 1. The molecule has 0 saturated carbocycles. The number of carbonyl (C=O) groups excluding carboxylic acids is 1. The summed E-state index contributed by atoms with van der Waals surface area (Å²) in [4.78, 5) is 28.3. The molecule has 1 aliphatic rings. The van der Waals surface area contributed by atoms with Crippen LogP contribution in [0.3, 0.4) is 0 Å². The van der Waals surface area contributed by atoms with Crippen LogP contribution >= 0.6 is 23.2 Å². The lowest BCUT2D eigenvalue weighted by Crippen LogP contribution is -2.39. The number of rotatable bonds is 5. The Bertz CT molecular complexity index is 996. The van der Waals surface area contributed by atoms with Crippen LogP contribution in [0, 0.1) is 16.0 Å². The number of alkyl halides is 3. The number of benzene rings is 1. The zero-order valence-electron chi connectivity index (χ0n) is 16.0. The van der Waals surface area contributed by atoms with E-state index in [-0.39, 0.29) is 27.2 Å². The highest BCUT2D eigenvalue weighted by Gasteiger charge is 2.32. The molecule has 1 aromatic carbocycles. The maximum atomic E-state index is 12.8. The average Bonchev–Trinajstić information content (AvgIpc) is 2.72. The number of nitrogens with one attached hydrogen (secondary N) is 1. The van der Waals surface area contributed by atoms with Gasteiger partial charge in [-0.05, 0) is 30.9 Å². The lowest BCUT2D eigenvalue weighted by atomic mass is 9.96. The molecule has 7 nitrogen and oxygen atoms in total. The van der Waals surface area contributed by atoms with Crippen molar-refractivity contribution < 1.29 is 22.9 Å². The Labute approximate surface area is 185 Å². The van der Waals surface area contributed by atoms with Crippen LogP contribution in [0.5, 0.6) is 0 Å². The number of nitro benzene ring substituents is 1. The van der Waals surface area contributed by atoms with Crippen LogP contribution in [0.25, 0.3) is 0 Å². The summed E-state index contributed by atoms with van der Waals surface area (Å²) >= 11 is 12.0. The van der Waals surface area contributed by atoms with Gasteiger partial charge in [-0.15, -0.1) is 0 Å². The molecule has 0 bridgehead atoms. The molecule has 1 aliphatic heterocycles. The number of nitrogens with zero attached hydrogens (tertiary/aromatic N) is 3. The maximum Gasteiger partial charge on any atom is 0.417 e. The Morgan fingerprint density at radius 3 is 2.48 bits per heavy atom. The standard InChI is InChI=1S/C19H17Cl2F3N4O3/c20-15-2-1-13(28(30)31)8-14(15)18(29)26-9-11-3-5-27(6-4-11)17-16(21)7-12(10-25-17)19(22,23)24/h1-2,7-8,10-11H,3-6,9H2,(H,26,29). The van der Waals surface area contributed by atoms with Crippen molar-refractivity contribution in [1.29, 1.82) is 0 Å². The smallest absolute Gasteiger partial charge is 0.355 e. The molecule has 1 aromatic heterocycles. The quantitative estimate of drug-likeness (QED) is 0.486. The van der Waals surface area contributed by atoms with Gasteiger partial charge in [-0.1, -0.05) is 23.2 Å². The largest absolute Gasteiger partial charge is 0.417 e. The second-order valence-electron chi connectivity index (χ2n) is 7.09. The van der Waals surface area contributed by atoms with Crippen LogP contribution < -0.4 is 10.2 Å². The average molecular weight is 477 g/mol. The predicted octanol–water partition coefficient (Wildman–Crippen LogP) is 4.96. The van der Waals surface area contributed by atoms with E-state index in [2.05, 4.69) is 10.3 Å². The molecule has 1 amide bonds. The van der Waals surface area contributed by atoms with Crippen molar-refractivity contribution in [2.24, 2.45) is 5.92 Å². The molecule has 1 N–H and O–H groups in total. The number of pyridine rings is 1. The number of aromatic nitrogens is 1. The fourth-order valence-corrected chi connectivity index (χ4v) is 3.79. The first-order valence-corrected chi connectivity index (χ1v) is 10.0. The van der Waals surface area contributed by atoms with E-state index in [1.165, 1.54) is 12.1 Å². The zero-order chi connectivity index (χ0) is 22.8. The number of piperidine rings is 1. The van der Waals surface area contributed by atoms with Crippen LogP contribution in [0.1, 0.15) is 28.8 Å². The van der Waals surface area contributed by atoms with E-state index in [1.807, 2.05) is 0 Å². The van der Waals surface area contributed by atoms with E-state index in [1.54, 1.807) is 4.90 Å². The van der Waals surface area contributed by atoms with Gasteiger partial charge in [0.2, 0.25) is 0 Å². The van der Waals surface area contributed by atoms with Crippen molar-refractivity contribution >= 4 is 40.6 Å². The topological polar surface area (TPSA) is 88.4 Å². The van der Waals surface area contributed by atoms with Gasteiger partial charge in [-0.3, -0.25) is 14.9 Å². The minimum atomic E-state index is -4.51. The highest BCUT2D eigenvalue weighted by atomic mass is 35.5. The van der Waals surface area contributed by atoms with Crippen LogP contribution in [-0.2, 0) is 6.18 Å². The monoisotopic (exact) mass is 476 g/mol. The van der Waals surface area contributed by atoms with Crippen molar-refractivity contribution in [1.82, 2.24) is 10.3 Å². The molecule has 0 atom stereocenters. The Hall–Kier alpha value is -2.59. The summed E-state index contributed by atoms with van der Waals surface area (Å²) in [6, 6.07) is 4.50. The number of anilines is 1. The highest BCUT2D eigenvalue weighted by molar-refractivity contribution is 6.34. The SMILES string of the molecule is O=C(NCC1CCN(c2ncc(C(F)(F)F)cc2Cl)CC1)c1cc([N+](=O)[O-])ccc1Cl. The molecule has 0 spiro atoms. The van der Waals surface area contributed by atoms with Crippen LogP contribution in [-0.4, -0.2) is 35.4 Å². The molecule has 2 aromatic rings. The summed E-state index contributed by atoms with van der Waals surface area (Å²) in [6.07, 6.45) is -2.44. The Kier molecular flexibility index (Phi) is 6.90. The molecule has 166 valence electrons. The van der Waals surface area contributed by atoms with E-state index in [9.17, 15) is 28.1 Å². The summed E-state index contributed by atoms with van der Waals surface area (Å²) in [6.45, 7) is 1.35. The van der Waals surface area contributed by atoms with Crippen molar-refractivity contribution in [2.75, 3.05) is 24.5 Å². The molecule has 2 heterocycles. The van der Waals surface area contributed by atoms with Gasteiger partial charge in [0.05, 0.1) is 26.1 Å². The van der Waals surface area contributed by atoms with E-state index in [4.69, 9.17) is 23.2 Å². The summed E-state index contributed by atoms with van der Waals surface area (Å²) in [5.74, 6) is -0.102. The van der Waals surface area contributed by atoms with Crippen LogP contribution in [0.4, 0.5) is 24.7 Å². The zero-order valence-corrected chi connectivity index (χ0v) is 17.5. The number of hydrogen-bond donors (Lipinski definition) is 1. The van der Waals surface area contributed by atoms with Gasteiger partial charge in [-0.25, -0.2) is 4.98 Å². The molecular weight excluding hydrogens is 460 g/mol. The molecule has 0 aliphatic carbocycles. The van der Waals surface area contributed by atoms with Gasteiger partial charge in [0, 0.05) is 38.0 Å². The fourth-order valence-electron chi connectivity index (χ4n) is 3.30. The summed E-state index contributed by atoms with van der Waals surface area (Å²) in [5, 5.41) is 13.7. The van der Waals surface area contributed by atoms with E-state index in [0.717, 1.165) is 18.3 Å². The van der Waals surface area contributed by atoms with Gasteiger partial charge in [0.15, 0.2) is 0 Å². The highest BCUT2D eigenvalue weighted by Crippen LogP contribution is 2.34. The summed E-state index contributed by atoms with van der Waals surface area (Å²) in [7, 11) is 0. The number of non-ortho nitro benzene ring substituents is 1. The van der Waals surface area contributed by atoms with E-state index in [0.29, 0.717) is 38.3 Å². The van der Waals surface area contributed by atoms with Crippen LogP contribution in [0.15, 0.2) is 30.5 Å². The molecular formula is C19H17Cl2F3N4O3. The number of hydrogen-bond acceptors (Lipinski definition) is 5. The van der Waals surface area contributed by atoms with Crippen LogP contribution in [0.2, 0.25) is 10.0 Å². The summed E-state index contributed by atoms with van der Waals surface area (Å²) < 4.78 is 38.3. The van der Waals surface area contributed by atoms with Gasteiger partial charge in [0.25, 0.3) is 11.6 Å². The predicted molar refractivity (Wildman–Crippen MR) is 110 cm³/mol. The minimum absolute atomic E-state index is 0.0223.